The number of fused-ring (bicyclic) bond motifs is 7. The van der Waals surface area contributed by atoms with Crippen LogP contribution in [0.1, 0.15) is 24.0 Å². The molecule has 6 rings (SSSR count). The molecule has 2 aromatic carbocycles. The Morgan fingerprint density at radius 1 is 1.15 bits per heavy atom. The molecular weight excluding hydrogens is 440 g/mol. The number of methoxy groups -OCH3 is 1. The third-order valence-corrected chi connectivity index (χ3v) is 7.76. The van der Waals surface area contributed by atoms with E-state index in [9.17, 15) is 24.5 Å². The van der Waals surface area contributed by atoms with Crippen LogP contribution in [-0.4, -0.2) is 47.2 Å². The summed E-state index contributed by atoms with van der Waals surface area (Å²) in [4.78, 5) is 55.3. The lowest BCUT2D eigenvalue weighted by molar-refractivity contribution is -0.384. The molecular formula is C24H22N4O6. The summed E-state index contributed by atoms with van der Waals surface area (Å²) in [6.07, 6.45) is 1.54. The number of non-ortho nitro benzene ring substituents is 1. The maximum Gasteiger partial charge on any atom is 0.273 e. The summed E-state index contributed by atoms with van der Waals surface area (Å²) >= 11 is 0. The van der Waals surface area contributed by atoms with E-state index in [-0.39, 0.29) is 29.1 Å². The van der Waals surface area contributed by atoms with Crippen molar-refractivity contribution in [2.45, 2.75) is 31.3 Å². The van der Waals surface area contributed by atoms with E-state index in [1.165, 1.54) is 25.3 Å². The highest BCUT2D eigenvalue weighted by atomic mass is 16.6. The summed E-state index contributed by atoms with van der Waals surface area (Å²) in [5, 5.41) is 14.2. The highest BCUT2D eigenvalue weighted by Crippen LogP contribution is 2.61. The number of rotatable bonds is 3. The second-order valence-corrected chi connectivity index (χ2v) is 9.30. The van der Waals surface area contributed by atoms with Crippen molar-refractivity contribution < 1.29 is 24.0 Å². The normalized spacial score (nSPS) is 29.4. The fraction of sp³-hybridized carbons (Fsp3) is 0.375. The Hall–Kier alpha value is -3.79. The van der Waals surface area contributed by atoms with Crippen LogP contribution >= 0.6 is 0 Å². The maximum absolute atomic E-state index is 14.0. The third kappa shape index (κ3) is 2.35. The standard InChI is InChI=1S/C24H22N4O6/c1-12-5-7-15-14(10-12)24(23(31)25-15)20-19(17-4-3-9-26(17)24)21(29)27(22(20)30)16-8-6-13(28(32)33)11-18(16)34-2/h5-8,10-11,17,19-20H,3-4,9H2,1-2H3,(H,25,31)/t17-,19+,20-,24-/m0/s1. The summed E-state index contributed by atoms with van der Waals surface area (Å²) in [5.41, 5.74) is 1.03. The van der Waals surface area contributed by atoms with Crippen molar-refractivity contribution in [3.05, 3.63) is 57.6 Å². The summed E-state index contributed by atoms with van der Waals surface area (Å²) in [5.74, 6) is -2.70. The lowest BCUT2D eigenvalue weighted by Crippen LogP contribution is -2.54. The maximum atomic E-state index is 14.0. The van der Waals surface area contributed by atoms with Crippen molar-refractivity contribution in [1.29, 1.82) is 0 Å². The van der Waals surface area contributed by atoms with E-state index in [1.807, 2.05) is 25.1 Å². The van der Waals surface area contributed by atoms with Gasteiger partial charge in [-0.3, -0.25) is 29.4 Å². The minimum atomic E-state index is -1.26. The molecule has 1 spiro atoms. The number of aryl methyl sites for hydroxylation is 1. The van der Waals surface area contributed by atoms with Gasteiger partial charge in [0.25, 0.3) is 5.69 Å². The molecule has 0 aliphatic carbocycles. The van der Waals surface area contributed by atoms with Gasteiger partial charge in [-0.2, -0.15) is 0 Å². The van der Waals surface area contributed by atoms with E-state index in [0.717, 1.165) is 22.4 Å². The minimum Gasteiger partial charge on any atom is -0.494 e. The number of benzene rings is 2. The summed E-state index contributed by atoms with van der Waals surface area (Å²) in [6.45, 7) is 2.56. The van der Waals surface area contributed by atoms with Crippen molar-refractivity contribution in [3.63, 3.8) is 0 Å². The van der Waals surface area contributed by atoms with Crippen LogP contribution in [0.5, 0.6) is 5.75 Å². The van der Waals surface area contributed by atoms with Crippen LogP contribution in [0, 0.1) is 28.9 Å². The lowest BCUT2D eigenvalue weighted by Gasteiger charge is -2.36. The predicted molar refractivity (Wildman–Crippen MR) is 120 cm³/mol. The molecule has 3 fully saturated rings. The van der Waals surface area contributed by atoms with Gasteiger partial charge in [0.2, 0.25) is 17.7 Å². The van der Waals surface area contributed by atoms with Gasteiger partial charge >= 0.3 is 0 Å². The highest BCUT2D eigenvalue weighted by Gasteiger charge is 2.74. The van der Waals surface area contributed by atoms with E-state index in [4.69, 9.17) is 4.74 Å². The molecule has 4 aliphatic heterocycles. The molecule has 4 atom stereocenters. The number of amides is 3. The molecule has 0 unspecified atom stereocenters. The summed E-state index contributed by atoms with van der Waals surface area (Å²) in [6, 6.07) is 9.23. The molecule has 2 aromatic rings. The number of anilines is 2. The Kier molecular flexibility index (Phi) is 4.20. The highest BCUT2D eigenvalue weighted by molar-refractivity contribution is 6.26. The van der Waals surface area contributed by atoms with Crippen molar-refractivity contribution in [1.82, 2.24) is 4.90 Å². The van der Waals surface area contributed by atoms with Crippen LogP contribution in [0.25, 0.3) is 0 Å². The van der Waals surface area contributed by atoms with Gasteiger partial charge in [-0.05, 0) is 38.4 Å². The van der Waals surface area contributed by atoms with Gasteiger partial charge in [-0.25, -0.2) is 4.90 Å². The first-order valence-corrected chi connectivity index (χ1v) is 11.2. The Morgan fingerprint density at radius 3 is 2.68 bits per heavy atom. The third-order valence-electron chi connectivity index (χ3n) is 7.76. The van der Waals surface area contributed by atoms with Crippen LogP contribution in [0.2, 0.25) is 0 Å². The predicted octanol–water partition coefficient (Wildman–Crippen LogP) is 2.34. The number of nitro groups is 1. The number of hydrogen-bond acceptors (Lipinski definition) is 7. The molecule has 34 heavy (non-hydrogen) atoms. The van der Waals surface area contributed by atoms with Crippen LogP contribution in [0.15, 0.2) is 36.4 Å². The Labute approximate surface area is 194 Å². The molecule has 3 amide bonds. The molecule has 174 valence electrons. The zero-order valence-electron chi connectivity index (χ0n) is 18.6. The average molecular weight is 462 g/mol. The van der Waals surface area contributed by atoms with Crippen molar-refractivity contribution in [2.24, 2.45) is 11.8 Å². The summed E-state index contributed by atoms with van der Waals surface area (Å²) < 4.78 is 5.32. The Balaban J connectivity index is 1.53. The van der Waals surface area contributed by atoms with E-state index >= 15 is 0 Å². The van der Waals surface area contributed by atoms with E-state index in [2.05, 4.69) is 10.2 Å². The van der Waals surface area contributed by atoms with Crippen LogP contribution in [-0.2, 0) is 19.9 Å². The number of carbonyl (C=O) groups excluding carboxylic acids is 3. The van der Waals surface area contributed by atoms with Crippen molar-refractivity contribution in [3.8, 4) is 5.75 Å². The topological polar surface area (TPSA) is 122 Å². The SMILES string of the molecule is COc1cc([N+](=O)[O-])ccc1N1C(=O)[C@H]2[C@@H](C1=O)[C@@]1(C(=O)Nc3ccc(C)cc31)N1CCC[C@@H]21. The minimum absolute atomic E-state index is 0.0559. The molecule has 4 aliphatic rings. The lowest BCUT2D eigenvalue weighted by atomic mass is 9.75. The molecule has 1 N–H and O–H groups in total. The van der Waals surface area contributed by atoms with Crippen LogP contribution < -0.4 is 15.0 Å². The second kappa shape index (κ2) is 6.86. The Bertz CT molecular complexity index is 1310. The van der Waals surface area contributed by atoms with Gasteiger partial charge in [0.1, 0.15) is 11.3 Å². The number of nitro benzene ring substituents is 1. The first-order chi connectivity index (χ1) is 16.3. The zero-order chi connectivity index (χ0) is 23.9. The van der Waals surface area contributed by atoms with Gasteiger partial charge in [-0.1, -0.05) is 17.7 Å². The van der Waals surface area contributed by atoms with E-state index in [1.54, 1.807) is 0 Å². The number of carbonyl (C=O) groups is 3. The number of ether oxygens (including phenoxy) is 1. The molecule has 10 heteroatoms. The van der Waals surface area contributed by atoms with E-state index in [0.29, 0.717) is 18.7 Å². The van der Waals surface area contributed by atoms with Crippen molar-refractivity contribution in [2.75, 3.05) is 23.9 Å². The van der Waals surface area contributed by atoms with Gasteiger partial charge in [0.15, 0.2) is 0 Å². The molecule has 0 bridgehead atoms. The Morgan fingerprint density at radius 2 is 1.94 bits per heavy atom. The summed E-state index contributed by atoms with van der Waals surface area (Å²) in [7, 11) is 1.33. The zero-order valence-corrected chi connectivity index (χ0v) is 18.6. The molecule has 3 saturated heterocycles. The van der Waals surface area contributed by atoms with E-state index < -0.39 is 34.1 Å². The average Bonchev–Trinajstić information content (AvgIpc) is 3.52. The molecule has 0 saturated carbocycles. The molecule has 10 nitrogen and oxygen atoms in total. The molecule has 0 radical (unpaired) electrons. The number of hydrogen-bond donors (Lipinski definition) is 1. The second-order valence-electron chi connectivity index (χ2n) is 9.30. The monoisotopic (exact) mass is 462 g/mol. The molecule has 4 heterocycles. The van der Waals surface area contributed by atoms with Crippen LogP contribution in [0.3, 0.4) is 0 Å². The quantitative estimate of drug-likeness (QED) is 0.422. The number of nitrogens with one attached hydrogen (secondary N) is 1. The van der Waals surface area contributed by atoms with Gasteiger partial charge < -0.3 is 10.1 Å². The largest absolute Gasteiger partial charge is 0.494 e. The van der Waals surface area contributed by atoms with Crippen molar-refractivity contribution >= 4 is 34.8 Å². The first kappa shape index (κ1) is 20.8. The first-order valence-electron chi connectivity index (χ1n) is 11.2. The van der Waals surface area contributed by atoms with Gasteiger partial charge in [-0.15, -0.1) is 0 Å². The number of nitrogens with zero attached hydrogens (tertiary/aromatic N) is 3. The fourth-order valence-corrected chi connectivity index (χ4v) is 6.52. The smallest absolute Gasteiger partial charge is 0.273 e. The fourth-order valence-electron chi connectivity index (χ4n) is 6.52. The van der Waals surface area contributed by atoms with Gasteiger partial charge in [0, 0.05) is 23.4 Å². The van der Waals surface area contributed by atoms with Gasteiger partial charge in [0.05, 0.1) is 35.6 Å². The van der Waals surface area contributed by atoms with Crippen LogP contribution in [0.4, 0.5) is 17.1 Å². The number of imide groups is 1. The molecule has 0 aromatic heterocycles.